The molecule has 4 rings (SSSR count). The molecular formula is C25H26Cl2Ti. The number of hydrogen-bond acceptors (Lipinski definition) is 0. The summed E-state index contributed by atoms with van der Waals surface area (Å²) in [6.07, 6.45) is 9.97. The van der Waals surface area contributed by atoms with Gasteiger partial charge in [-0.25, -0.2) is 0 Å². The van der Waals surface area contributed by atoms with Crippen molar-refractivity contribution in [3.05, 3.63) is 95.6 Å². The van der Waals surface area contributed by atoms with Gasteiger partial charge in [0.25, 0.3) is 0 Å². The van der Waals surface area contributed by atoms with Gasteiger partial charge < -0.3 is 24.8 Å². The van der Waals surface area contributed by atoms with Crippen LogP contribution in [0.3, 0.4) is 0 Å². The molecule has 0 aromatic heterocycles. The molecule has 0 saturated heterocycles. The van der Waals surface area contributed by atoms with Gasteiger partial charge in [-0.05, 0) is 48.4 Å². The van der Waals surface area contributed by atoms with E-state index in [0.29, 0.717) is 5.92 Å². The molecule has 0 fully saturated rings. The molecule has 2 aromatic rings. The van der Waals surface area contributed by atoms with Gasteiger partial charge in [0.15, 0.2) is 0 Å². The molecular weight excluding hydrogens is 419 g/mol. The minimum atomic E-state index is 0. The maximum atomic E-state index is 3.99. The molecule has 2 aromatic carbocycles. The average Bonchev–Trinajstić information content (AvgIpc) is 3.22. The van der Waals surface area contributed by atoms with Crippen molar-refractivity contribution in [2.45, 2.75) is 39.0 Å². The van der Waals surface area contributed by atoms with E-state index in [-0.39, 0.29) is 51.9 Å². The Labute approximate surface area is 196 Å². The molecule has 0 N–H and O–H groups in total. The molecule has 3 heteroatoms. The van der Waals surface area contributed by atoms with Crippen LogP contribution in [0.5, 0.6) is 0 Å². The number of benzene rings is 2. The van der Waals surface area contributed by atoms with E-state index < -0.39 is 0 Å². The molecule has 2 aliphatic carbocycles. The second-order valence-corrected chi connectivity index (χ2v) is 7.62. The van der Waals surface area contributed by atoms with Gasteiger partial charge in [-0.3, -0.25) is 0 Å². The van der Waals surface area contributed by atoms with Gasteiger partial charge in [-0.15, -0.1) is 6.58 Å². The van der Waals surface area contributed by atoms with Gasteiger partial charge in [0.05, 0.1) is 0 Å². The second kappa shape index (κ2) is 10.1. The first-order valence-corrected chi connectivity index (χ1v) is 9.32. The van der Waals surface area contributed by atoms with Crippen molar-refractivity contribution in [2.24, 2.45) is 5.41 Å². The van der Waals surface area contributed by atoms with E-state index in [0.717, 1.165) is 19.3 Å². The molecule has 0 spiro atoms. The summed E-state index contributed by atoms with van der Waals surface area (Å²) >= 11 is 0. The summed E-state index contributed by atoms with van der Waals surface area (Å²) in [4.78, 5) is 0. The van der Waals surface area contributed by atoms with Gasteiger partial charge in [-0.1, -0.05) is 84.8 Å². The van der Waals surface area contributed by atoms with Crippen LogP contribution in [0.1, 0.15) is 50.2 Å². The third-order valence-electron chi connectivity index (χ3n) is 6.19. The Morgan fingerprint density at radius 1 is 1.00 bits per heavy atom. The molecule has 0 amide bonds. The molecule has 0 saturated carbocycles. The van der Waals surface area contributed by atoms with Crippen molar-refractivity contribution in [1.82, 2.24) is 0 Å². The van der Waals surface area contributed by atoms with Crippen molar-refractivity contribution in [3.63, 3.8) is 0 Å². The first-order valence-electron chi connectivity index (χ1n) is 9.32. The van der Waals surface area contributed by atoms with Crippen molar-refractivity contribution in [1.29, 1.82) is 0 Å². The van der Waals surface area contributed by atoms with E-state index >= 15 is 0 Å². The predicted octanol–water partition coefficient (Wildman–Crippen LogP) is 1.05. The number of rotatable bonds is 5. The standard InChI is InChI=1S/C25H26.2ClH.Ti/c1-4-5-17-25(3,23-16-10-11-18(23)2)24-21-14-8-6-12-19(21)20-13-7-9-15-22(20)24;;;/h4,6-15,24H,1,5,16-17H2,2-3H3;2*1H;/q;;;+2/p-2. The predicted molar refractivity (Wildman–Crippen MR) is 108 cm³/mol. The molecule has 1 atom stereocenters. The minimum Gasteiger partial charge on any atom is -1.00 e. The van der Waals surface area contributed by atoms with E-state index in [1.54, 1.807) is 5.57 Å². The van der Waals surface area contributed by atoms with Crippen molar-refractivity contribution < 1.29 is 46.5 Å². The zero-order valence-electron chi connectivity index (χ0n) is 16.5. The molecule has 0 aliphatic heterocycles. The van der Waals surface area contributed by atoms with Crippen LogP contribution in [-0.4, -0.2) is 0 Å². The number of fused-ring (bicyclic) bond motifs is 3. The van der Waals surface area contributed by atoms with E-state index in [1.165, 1.54) is 27.8 Å². The molecule has 1 unspecified atom stereocenters. The zero-order chi connectivity index (χ0) is 17.4. The topological polar surface area (TPSA) is 0 Å². The number of allylic oxidation sites excluding steroid dienone is 5. The monoisotopic (exact) mass is 444 g/mol. The molecule has 144 valence electrons. The van der Waals surface area contributed by atoms with Gasteiger partial charge in [-0.2, -0.15) is 0 Å². The Morgan fingerprint density at radius 3 is 2.00 bits per heavy atom. The quantitative estimate of drug-likeness (QED) is 0.477. The van der Waals surface area contributed by atoms with Crippen LogP contribution >= 0.6 is 0 Å². The molecule has 0 bridgehead atoms. The molecule has 28 heavy (non-hydrogen) atoms. The van der Waals surface area contributed by atoms with Crippen LogP contribution in [0.15, 0.2) is 84.5 Å². The Bertz CT molecular complexity index is 851. The summed E-state index contributed by atoms with van der Waals surface area (Å²) in [6.45, 7) is 8.75. The normalized spacial score (nSPS) is 16.2. The van der Waals surface area contributed by atoms with E-state index in [4.69, 9.17) is 0 Å². The third kappa shape index (κ3) is 3.98. The van der Waals surface area contributed by atoms with Gasteiger partial charge >= 0.3 is 21.7 Å². The minimum absolute atomic E-state index is 0. The Hall–Kier alpha value is -1.05. The summed E-state index contributed by atoms with van der Waals surface area (Å²) in [6, 6.07) is 18.0. The largest absolute Gasteiger partial charge is 2.00 e. The van der Waals surface area contributed by atoms with Gasteiger partial charge in [0.2, 0.25) is 0 Å². The van der Waals surface area contributed by atoms with Crippen LogP contribution in [0.25, 0.3) is 11.1 Å². The number of hydrogen-bond donors (Lipinski definition) is 0. The van der Waals surface area contributed by atoms with Crippen LogP contribution in [0.4, 0.5) is 0 Å². The smallest absolute Gasteiger partial charge is 1.00 e. The van der Waals surface area contributed by atoms with E-state index in [1.807, 2.05) is 0 Å². The molecule has 0 radical (unpaired) electrons. The molecule has 0 nitrogen and oxygen atoms in total. The zero-order valence-corrected chi connectivity index (χ0v) is 19.6. The third-order valence-corrected chi connectivity index (χ3v) is 6.19. The maximum absolute atomic E-state index is 3.99. The SMILES string of the molecule is C=CCCC(C)(C1=C(C)C=CC1)C1c2ccccc2-c2ccccc21.[Cl-].[Cl-].[Ti+2]. The fourth-order valence-corrected chi connectivity index (χ4v) is 5.01. The van der Waals surface area contributed by atoms with Gasteiger partial charge in [0.1, 0.15) is 0 Å². The van der Waals surface area contributed by atoms with Crippen molar-refractivity contribution in [2.75, 3.05) is 0 Å². The summed E-state index contributed by atoms with van der Waals surface area (Å²) in [5, 5.41) is 0. The van der Waals surface area contributed by atoms with Gasteiger partial charge in [0, 0.05) is 11.3 Å². The summed E-state index contributed by atoms with van der Waals surface area (Å²) in [5.41, 5.74) is 8.98. The fourth-order valence-electron chi connectivity index (χ4n) is 5.01. The summed E-state index contributed by atoms with van der Waals surface area (Å²) in [5.74, 6) is 0.421. The Kier molecular flexibility index (Phi) is 9.04. The van der Waals surface area contributed by atoms with Crippen LogP contribution in [0, 0.1) is 5.41 Å². The van der Waals surface area contributed by atoms with E-state index in [2.05, 4.69) is 87.2 Å². The second-order valence-electron chi connectivity index (χ2n) is 7.62. The van der Waals surface area contributed by atoms with Crippen molar-refractivity contribution in [3.8, 4) is 11.1 Å². The van der Waals surface area contributed by atoms with E-state index in [9.17, 15) is 0 Å². The first-order chi connectivity index (χ1) is 12.2. The first kappa shape index (κ1) is 25.0. The molecule has 0 heterocycles. The fraction of sp³-hybridized carbons (Fsp3) is 0.280. The maximum Gasteiger partial charge on any atom is 2.00 e. The summed E-state index contributed by atoms with van der Waals surface area (Å²) < 4.78 is 0. The average molecular weight is 445 g/mol. The Balaban J connectivity index is 0.00000131. The van der Waals surface area contributed by atoms with Crippen LogP contribution < -0.4 is 24.8 Å². The summed E-state index contributed by atoms with van der Waals surface area (Å²) in [7, 11) is 0. The Morgan fingerprint density at radius 2 is 1.54 bits per heavy atom. The molecule has 2 aliphatic rings. The van der Waals surface area contributed by atoms with Crippen molar-refractivity contribution >= 4 is 0 Å². The number of halogens is 2. The van der Waals surface area contributed by atoms with Crippen LogP contribution in [-0.2, 0) is 21.7 Å². The van der Waals surface area contributed by atoms with Crippen LogP contribution in [0.2, 0.25) is 0 Å².